The van der Waals surface area contributed by atoms with Gasteiger partial charge >= 0.3 is 0 Å². The van der Waals surface area contributed by atoms with Crippen LogP contribution >= 0.6 is 0 Å². The molecule has 0 spiro atoms. The number of nitro groups is 1. The van der Waals surface area contributed by atoms with E-state index < -0.39 is 4.92 Å². The monoisotopic (exact) mass is 391 g/mol. The Morgan fingerprint density at radius 1 is 1.18 bits per heavy atom. The fraction of sp³-hybridized carbons (Fsp3) is 0.600. The summed E-state index contributed by atoms with van der Waals surface area (Å²) >= 11 is 0. The minimum Gasteiger partial charge on any atom is -0.354 e. The molecule has 1 aromatic rings. The topological polar surface area (TPSA) is 99.9 Å². The first-order valence-electron chi connectivity index (χ1n) is 9.67. The summed E-state index contributed by atoms with van der Waals surface area (Å²) in [6, 6.07) is 6.54. The minimum absolute atomic E-state index is 0.0442. The van der Waals surface area contributed by atoms with Crippen LogP contribution in [0.1, 0.15) is 45.6 Å². The molecule has 8 nitrogen and oxygen atoms in total. The fourth-order valence-electron chi connectivity index (χ4n) is 2.50. The van der Waals surface area contributed by atoms with Crippen LogP contribution in [0.2, 0.25) is 0 Å². The van der Waals surface area contributed by atoms with E-state index in [1.165, 1.54) is 23.5 Å². The van der Waals surface area contributed by atoms with Crippen molar-refractivity contribution in [2.75, 3.05) is 20.6 Å². The number of hydrogen-bond donors (Lipinski definition) is 2. The van der Waals surface area contributed by atoms with Gasteiger partial charge in [-0.25, -0.2) is 4.99 Å². The Morgan fingerprint density at radius 2 is 1.82 bits per heavy atom. The van der Waals surface area contributed by atoms with Crippen molar-refractivity contribution in [1.82, 2.24) is 15.5 Å². The number of nitrogens with zero attached hydrogens (tertiary/aromatic N) is 3. The molecule has 1 aromatic carbocycles. The molecule has 1 rings (SSSR count). The van der Waals surface area contributed by atoms with Crippen LogP contribution in [0.5, 0.6) is 0 Å². The number of benzene rings is 1. The van der Waals surface area contributed by atoms with Gasteiger partial charge in [-0.1, -0.05) is 38.8 Å². The Bertz CT molecular complexity index is 656. The molecule has 1 atom stereocenters. The highest BCUT2D eigenvalue weighted by molar-refractivity contribution is 5.86. The molecule has 0 fully saturated rings. The van der Waals surface area contributed by atoms with Crippen LogP contribution in [0, 0.1) is 16.0 Å². The summed E-state index contributed by atoms with van der Waals surface area (Å²) in [6.45, 7) is 7.03. The number of carbonyl (C=O) groups excluding carboxylic acids is 1. The maximum absolute atomic E-state index is 11.9. The summed E-state index contributed by atoms with van der Waals surface area (Å²) in [5, 5.41) is 17.2. The molecule has 0 aliphatic rings. The van der Waals surface area contributed by atoms with Crippen molar-refractivity contribution in [2.24, 2.45) is 10.9 Å². The largest absolute Gasteiger partial charge is 0.354 e. The predicted molar refractivity (Wildman–Crippen MR) is 112 cm³/mol. The van der Waals surface area contributed by atoms with E-state index in [-0.39, 0.29) is 24.2 Å². The number of guanidine groups is 1. The molecule has 0 aliphatic heterocycles. The van der Waals surface area contributed by atoms with Crippen molar-refractivity contribution in [3.05, 3.63) is 39.9 Å². The van der Waals surface area contributed by atoms with Crippen molar-refractivity contribution in [3.63, 3.8) is 0 Å². The van der Waals surface area contributed by atoms with Gasteiger partial charge in [0.1, 0.15) is 0 Å². The van der Waals surface area contributed by atoms with Gasteiger partial charge in [0.15, 0.2) is 5.96 Å². The first-order valence-corrected chi connectivity index (χ1v) is 9.67. The maximum atomic E-state index is 11.9. The van der Waals surface area contributed by atoms with E-state index in [0.717, 1.165) is 18.4 Å². The molecule has 0 heterocycles. The molecule has 1 amide bonds. The average Bonchev–Trinajstić information content (AvgIpc) is 2.63. The Hall–Kier alpha value is -2.64. The average molecular weight is 392 g/mol. The Kier molecular flexibility index (Phi) is 9.98. The SMILES string of the molecule is CC(C)CCCC(C)NC(=NCc1ccc([N+](=O)[O-])cc1)NCC(=O)N(C)C. The number of nitrogens with one attached hydrogen (secondary N) is 2. The van der Waals surface area contributed by atoms with Crippen molar-refractivity contribution in [1.29, 1.82) is 0 Å². The molecule has 1 unspecified atom stereocenters. The number of amides is 1. The molecule has 2 N–H and O–H groups in total. The quantitative estimate of drug-likeness (QED) is 0.276. The van der Waals surface area contributed by atoms with Gasteiger partial charge < -0.3 is 15.5 Å². The second-order valence-corrected chi connectivity index (χ2v) is 7.60. The third-order valence-corrected chi connectivity index (χ3v) is 4.27. The first-order chi connectivity index (χ1) is 13.2. The van der Waals surface area contributed by atoms with Gasteiger partial charge in [0.25, 0.3) is 5.69 Å². The van der Waals surface area contributed by atoms with Crippen LogP contribution in [0.25, 0.3) is 0 Å². The van der Waals surface area contributed by atoms with Gasteiger partial charge in [-0.3, -0.25) is 14.9 Å². The van der Waals surface area contributed by atoms with Crippen molar-refractivity contribution >= 4 is 17.6 Å². The van der Waals surface area contributed by atoms with E-state index in [0.29, 0.717) is 18.4 Å². The Morgan fingerprint density at radius 3 is 2.36 bits per heavy atom. The molecule has 0 saturated carbocycles. The zero-order valence-corrected chi connectivity index (χ0v) is 17.6. The number of non-ortho nitro benzene ring substituents is 1. The van der Waals surface area contributed by atoms with Gasteiger partial charge in [0, 0.05) is 32.3 Å². The molecular weight excluding hydrogens is 358 g/mol. The minimum atomic E-state index is -0.423. The predicted octanol–water partition coefficient (Wildman–Crippen LogP) is 2.93. The number of rotatable bonds is 10. The van der Waals surface area contributed by atoms with Crippen molar-refractivity contribution in [3.8, 4) is 0 Å². The fourth-order valence-corrected chi connectivity index (χ4v) is 2.50. The first kappa shape index (κ1) is 23.4. The molecule has 0 bridgehead atoms. The summed E-state index contributed by atoms with van der Waals surface area (Å²) in [5.41, 5.74) is 0.914. The van der Waals surface area contributed by atoms with Crippen LogP contribution in [-0.2, 0) is 11.3 Å². The second kappa shape index (κ2) is 11.9. The number of aliphatic imine (C=N–C) groups is 1. The highest BCUT2D eigenvalue weighted by Gasteiger charge is 2.10. The highest BCUT2D eigenvalue weighted by Crippen LogP contribution is 2.12. The maximum Gasteiger partial charge on any atom is 0.269 e. The molecular formula is C20H33N5O3. The third kappa shape index (κ3) is 9.34. The number of hydrogen-bond acceptors (Lipinski definition) is 4. The van der Waals surface area contributed by atoms with Gasteiger partial charge in [-0.05, 0) is 24.8 Å². The Labute approximate surface area is 167 Å². The van der Waals surface area contributed by atoms with E-state index in [4.69, 9.17) is 0 Å². The lowest BCUT2D eigenvalue weighted by atomic mass is 10.0. The Balaban J connectivity index is 2.73. The summed E-state index contributed by atoms with van der Waals surface area (Å²) < 4.78 is 0. The van der Waals surface area contributed by atoms with Crippen LogP contribution in [0.4, 0.5) is 5.69 Å². The third-order valence-electron chi connectivity index (χ3n) is 4.27. The molecule has 0 aliphatic carbocycles. The normalized spacial score (nSPS) is 12.6. The summed E-state index contributed by atoms with van der Waals surface area (Å²) in [4.78, 5) is 28.3. The van der Waals surface area contributed by atoms with E-state index >= 15 is 0 Å². The number of carbonyl (C=O) groups is 1. The summed E-state index contributed by atoms with van der Waals surface area (Å²) in [7, 11) is 3.42. The zero-order valence-electron chi connectivity index (χ0n) is 17.6. The van der Waals surface area contributed by atoms with E-state index in [9.17, 15) is 14.9 Å². The molecule has 156 valence electrons. The lowest BCUT2D eigenvalue weighted by Gasteiger charge is -2.19. The summed E-state index contributed by atoms with van der Waals surface area (Å²) in [6.07, 6.45) is 3.31. The van der Waals surface area contributed by atoms with Crippen molar-refractivity contribution < 1.29 is 9.72 Å². The van der Waals surface area contributed by atoms with Gasteiger partial charge in [-0.15, -0.1) is 0 Å². The zero-order chi connectivity index (χ0) is 21.1. The number of nitro benzene ring substituents is 1. The number of likely N-dealkylation sites (N-methyl/N-ethyl adjacent to an activating group) is 1. The highest BCUT2D eigenvalue weighted by atomic mass is 16.6. The van der Waals surface area contributed by atoms with Gasteiger partial charge in [0.05, 0.1) is 18.0 Å². The molecule has 0 aromatic heterocycles. The van der Waals surface area contributed by atoms with E-state index in [2.05, 4.69) is 36.4 Å². The van der Waals surface area contributed by atoms with Crippen LogP contribution < -0.4 is 10.6 Å². The van der Waals surface area contributed by atoms with Crippen LogP contribution in [0.3, 0.4) is 0 Å². The smallest absolute Gasteiger partial charge is 0.269 e. The van der Waals surface area contributed by atoms with Gasteiger partial charge in [-0.2, -0.15) is 0 Å². The van der Waals surface area contributed by atoms with Crippen LogP contribution in [0.15, 0.2) is 29.3 Å². The standard InChI is InChI=1S/C20H33N5O3/c1-15(2)7-6-8-16(3)23-20(22-14-19(26)24(4)5)21-13-17-9-11-18(12-10-17)25(27)28/h9-12,15-16H,6-8,13-14H2,1-5H3,(H2,21,22,23). The van der Waals surface area contributed by atoms with Gasteiger partial charge in [0.2, 0.25) is 5.91 Å². The molecule has 8 heteroatoms. The van der Waals surface area contributed by atoms with E-state index in [1.807, 2.05) is 0 Å². The summed E-state index contributed by atoms with van der Waals surface area (Å²) in [5.74, 6) is 1.20. The molecule has 0 radical (unpaired) electrons. The lowest BCUT2D eigenvalue weighted by molar-refractivity contribution is -0.384. The van der Waals surface area contributed by atoms with E-state index in [1.54, 1.807) is 26.2 Å². The molecule has 28 heavy (non-hydrogen) atoms. The second-order valence-electron chi connectivity index (χ2n) is 7.60. The molecule has 0 saturated heterocycles. The lowest BCUT2D eigenvalue weighted by Crippen LogP contribution is -2.46. The van der Waals surface area contributed by atoms with Crippen LogP contribution in [-0.4, -0.2) is 48.4 Å². The van der Waals surface area contributed by atoms with Crippen molar-refractivity contribution in [2.45, 2.75) is 52.6 Å².